The molecule has 1 heterocycles. The minimum absolute atomic E-state index is 0.438. The van der Waals surface area contributed by atoms with E-state index in [9.17, 15) is 0 Å². The van der Waals surface area contributed by atoms with Crippen LogP contribution in [-0.4, -0.2) is 23.5 Å². The molecule has 23 heavy (non-hydrogen) atoms. The van der Waals surface area contributed by atoms with Gasteiger partial charge in [-0.05, 0) is 29.8 Å². The summed E-state index contributed by atoms with van der Waals surface area (Å²) < 4.78 is 5.17. The molecule has 0 fully saturated rings. The lowest BCUT2D eigenvalue weighted by atomic mass is 10.1. The maximum Gasteiger partial charge on any atom is 0.142 e. The van der Waals surface area contributed by atoms with Crippen LogP contribution < -0.4 is 4.74 Å². The van der Waals surface area contributed by atoms with Crippen molar-refractivity contribution in [3.63, 3.8) is 0 Å². The third kappa shape index (κ3) is 3.77. The fourth-order valence-electron chi connectivity index (χ4n) is 2.16. The van der Waals surface area contributed by atoms with Crippen molar-refractivity contribution in [3.05, 3.63) is 71.9 Å². The van der Waals surface area contributed by atoms with Crippen LogP contribution in [-0.2, 0) is 11.4 Å². The summed E-state index contributed by atoms with van der Waals surface area (Å²) in [7, 11) is 1.65. The summed E-state index contributed by atoms with van der Waals surface area (Å²) in [6.07, 6.45) is 3.38. The van der Waals surface area contributed by atoms with Crippen molar-refractivity contribution < 1.29 is 9.57 Å². The van der Waals surface area contributed by atoms with Gasteiger partial charge in [0.1, 0.15) is 12.4 Å². The zero-order chi connectivity index (χ0) is 15.9. The second-order valence-electron chi connectivity index (χ2n) is 4.92. The van der Waals surface area contributed by atoms with E-state index in [-0.39, 0.29) is 0 Å². The molecule has 1 aromatic heterocycles. The van der Waals surface area contributed by atoms with Gasteiger partial charge < -0.3 is 9.57 Å². The second-order valence-corrected chi connectivity index (χ2v) is 4.92. The lowest BCUT2D eigenvalue weighted by Gasteiger charge is -2.02. The molecule has 0 radical (unpaired) electrons. The van der Waals surface area contributed by atoms with Crippen LogP contribution in [0.4, 0.5) is 0 Å². The van der Waals surface area contributed by atoms with E-state index in [0.717, 1.165) is 28.1 Å². The lowest BCUT2D eigenvalue weighted by Crippen LogP contribution is -1.89. The van der Waals surface area contributed by atoms with Crippen molar-refractivity contribution in [1.82, 2.24) is 10.2 Å². The Hall–Kier alpha value is -3.08. The minimum atomic E-state index is 0.438. The Labute approximate surface area is 134 Å². The molecule has 0 atom stereocenters. The zero-order valence-electron chi connectivity index (χ0n) is 12.8. The number of hydrogen-bond acceptors (Lipinski definition) is 4. The molecule has 3 rings (SSSR count). The molecule has 0 amide bonds. The number of aromatic amines is 1. The van der Waals surface area contributed by atoms with Crippen LogP contribution in [0.1, 0.15) is 11.1 Å². The third-order valence-corrected chi connectivity index (χ3v) is 3.39. The lowest BCUT2D eigenvalue weighted by molar-refractivity contribution is 0.132. The Morgan fingerprint density at radius 3 is 2.61 bits per heavy atom. The first-order valence-electron chi connectivity index (χ1n) is 7.24. The summed E-state index contributed by atoms with van der Waals surface area (Å²) >= 11 is 0. The molecule has 5 heteroatoms. The standard InChI is InChI=1S/C18H17N3O2/c1-22-17-9-7-15(8-10-17)18-16(11-19-21-18)12-20-23-13-14-5-3-2-4-6-14/h2-12H,13H2,1H3,(H,19,21). The highest BCUT2D eigenvalue weighted by Crippen LogP contribution is 2.22. The van der Waals surface area contributed by atoms with E-state index < -0.39 is 0 Å². The van der Waals surface area contributed by atoms with Gasteiger partial charge in [0, 0.05) is 11.1 Å². The number of hydrogen-bond donors (Lipinski definition) is 1. The molecule has 0 bridgehead atoms. The summed E-state index contributed by atoms with van der Waals surface area (Å²) in [5.74, 6) is 0.815. The molecule has 0 aliphatic rings. The number of rotatable bonds is 6. The van der Waals surface area contributed by atoms with Crippen molar-refractivity contribution in [2.24, 2.45) is 5.16 Å². The Bertz CT molecular complexity index is 764. The van der Waals surface area contributed by atoms with Crippen LogP contribution in [0.5, 0.6) is 5.75 Å². The van der Waals surface area contributed by atoms with Gasteiger partial charge in [-0.25, -0.2) is 0 Å². The van der Waals surface area contributed by atoms with Gasteiger partial charge in [-0.15, -0.1) is 0 Å². The molecular formula is C18H17N3O2. The summed E-state index contributed by atoms with van der Waals surface area (Å²) in [5, 5.41) is 11.1. The highest BCUT2D eigenvalue weighted by molar-refractivity contribution is 5.88. The van der Waals surface area contributed by atoms with Gasteiger partial charge in [-0.3, -0.25) is 5.10 Å². The van der Waals surface area contributed by atoms with Crippen LogP contribution >= 0.6 is 0 Å². The van der Waals surface area contributed by atoms with Crippen molar-refractivity contribution in [2.45, 2.75) is 6.61 Å². The predicted octanol–water partition coefficient (Wildman–Crippen LogP) is 3.64. The number of ether oxygens (including phenoxy) is 1. The monoisotopic (exact) mass is 307 g/mol. The smallest absolute Gasteiger partial charge is 0.142 e. The molecule has 0 unspecified atom stereocenters. The summed E-state index contributed by atoms with van der Waals surface area (Å²) in [6, 6.07) is 17.7. The van der Waals surface area contributed by atoms with Crippen molar-refractivity contribution in [2.75, 3.05) is 7.11 Å². The van der Waals surface area contributed by atoms with E-state index in [1.54, 1.807) is 19.5 Å². The van der Waals surface area contributed by atoms with E-state index in [4.69, 9.17) is 9.57 Å². The van der Waals surface area contributed by atoms with Crippen LogP contribution in [0.3, 0.4) is 0 Å². The van der Waals surface area contributed by atoms with E-state index in [2.05, 4.69) is 15.4 Å². The Morgan fingerprint density at radius 2 is 1.87 bits per heavy atom. The average molecular weight is 307 g/mol. The zero-order valence-corrected chi connectivity index (χ0v) is 12.8. The third-order valence-electron chi connectivity index (χ3n) is 3.39. The van der Waals surface area contributed by atoms with Gasteiger partial charge in [0.15, 0.2) is 0 Å². The summed E-state index contributed by atoms with van der Waals surface area (Å²) in [5.41, 5.74) is 3.84. The SMILES string of the molecule is COc1ccc(-c2[nH]ncc2C=NOCc2ccccc2)cc1. The summed E-state index contributed by atoms with van der Waals surface area (Å²) in [6.45, 7) is 0.438. The predicted molar refractivity (Wildman–Crippen MR) is 89.4 cm³/mol. The van der Waals surface area contributed by atoms with Gasteiger partial charge in [-0.1, -0.05) is 35.5 Å². The fourth-order valence-corrected chi connectivity index (χ4v) is 2.16. The number of H-pyrrole nitrogens is 1. The van der Waals surface area contributed by atoms with Gasteiger partial charge in [0.2, 0.25) is 0 Å². The molecule has 0 saturated heterocycles. The van der Waals surface area contributed by atoms with Gasteiger partial charge in [-0.2, -0.15) is 5.10 Å². The Morgan fingerprint density at radius 1 is 1.09 bits per heavy atom. The molecule has 1 N–H and O–H groups in total. The maximum atomic E-state index is 5.33. The molecule has 2 aromatic carbocycles. The molecule has 3 aromatic rings. The molecule has 0 spiro atoms. The number of oxime groups is 1. The van der Waals surface area contributed by atoms with Crippen LogP contribution in [0, 0.1) is 0 Å². The first-order chi connectivity index (χ1) is 11.4. The van der Waals surface area contributed by atoms with Crippen molar-refractivity contribution in [3.8, 4) is 17.0 Å². The van der Waals surface area contributed by atoms with E-state index >= 15 is 0 Å². The van der Waals surface area contributed by atoms with E-state index in [1.807, 2.05) is 54.6 Å². The highest BCUT2D eigenvalue weighted by atomic mass is 16.6. The molecule has 0 saturated carbocycles. The van der Waals surface area contributed by atoms with E-state index in [1.165, 1.54) is 0 Å². The molecule has 5 nitrogen and oxygen atoms in total. The quantitative estimate of drug-likeness (QED) is 0.559. The fraction of sp³-hybridized carbons (Fsp3) is 0.111. The highest BCUT2D eigenvalue weighted by Gasteiger charge is 2.06. The van der Waals surface area contributed by atoms with Crippen molar-refractivity contribution in [1.29, 1.82) is 0 Å². The molecular weight excluding hydrogens is 290 g/mol. The van der Waals surface area contributed by atoms with Crippen LogP contribution in [0.25, 0.3) is 11.3 Å². The maximum absolute atomic E-state index is 5.33. The molecule has 0 aliphatic carbocycles. The largest absolute Gasteiger partial charge is 0.497 e. The molecule has 116 valence electrons. The van der Waals surface area contributed by atoms with E-state index in [0.29, 0.717) is 6.61 Å². The van der Waals surface area contributed by atoms with Gasteiger partial charge in [0.05, 0.1) is 25.2 Å². The minimum Gasteiger partial charge on any atom is -0.497 e. The van der Waals surface area contributed by atoms with Gasteiger partial charge >= 0.3 is 0 Å². The molecule has 0 aliphatic heterocycles. The Kier molecular flexibility index (Phi) is 4.69. The summed E-state index contributed by atoms with van der Waals surface area (Å²) in [4.78, 5) is 5.33. The van der Waals surface area contributed by atoms with Gasteiger partial charge in [0.25, 0.3) is 0 Å². The topological polar surface area (TPSA) is 59.5 Å². The first kappa shape index (κ1) is 14.8. The number of benzene rings is 2. The Balaban J connectivity index is 1.67. The number of methoxy groups -OCH3 is 1. The normalized spacial score (nSPS) is 10.8. The van der Waals surface area contributed by atoms with Crippen LogP contribution in [0.2, 0.25) is 0 Å². The van der Waals surface area contributed by atoms with Crippen LogP contribution in [0.15, 0.2) is 65.9 Å². The number of nitrogens with zero attached hydrogens (tertiary/aromatic N) is 2. The average Bonchev–Trinajstić information content (AvgIpc) is 3.08. The second kappa shape index (κ2) is 7.26. The number of nitrogens with one attached hydrogen (secondary N) is 1. The number of aromatic nitrogens is 2. The van der Waals surface area contributed by atoms with Crippen molar-refractivity contribution >= 4 is 6.21 Å². The first-order valence-corrected chi connectivity index (χ1v) is 7.24.